The van der Waals surface area contributed by atoms with Gasteiger partial charge in [0.25, 0.3) is 0 Å². The van der Waals surface area contributed by atoms with Gasteiger partial charge < -0.3 is 14.5 Å². The van der Waals surface area contributed by atoms with Gasteiger partial charge in [0.05, 0.1) is 18.4 Å². The number of esters is 1. The van der Waals surface area contributed by atoms with Crippen LogP contribution < -0.4 is 5.32 Å². The molecule has 0 fully saturated rings. The van der Waals surface area contributed by atoms with Crippen molar-refractivity contribution < 1.29 is 18.7 Å². The van der Waals surface area contributed by atoms with Crippen molar-refractivity contribution in [3.05, 3.63) is 88.9 Å². The van der Waals surface area contributed by atoms with E-state index in [1.165, 1.54) is 0 Å². The van der Waals surface area contributed by atoms with Crippen LogP contribution >= 0.6 is 0 Å². The van der Waals surface area contributed by atoms with E-state index >= 15 is 0 Å². The standard InChI is InChI=1S/C23H23NO4/c1-15-10-11-18(13-16(15)2)22(25)17(3)28-23(26)20-8-4-5-9-21(20)24-14-19-7-6-12-27-19/h4-13,17,24H,14H2,1-3H3/t17-/m0/s1. The summed E-state index contributed by atoms with van der Waals surface area (Å²) in [5.41, 5.74) is 3.66. The number of hydrogen-bond acceptors (Lipinski definition) is 5. The summed E-state index contributed by atoms with van der Waals surface area (Å²) < 4.78 is 10.7. The third-order valence-electron chi connectivity index (χ3n) is 4.62. The van der Waals surface area contributed by atoms with Gasteiger partial charge in [0.2, 0.25) is 5.78 Å². The largest absolute Gasteiger partial charge is 0.467 e. The first-order valence-corrected chi connectivity index (χ1v) is 9.13. The fourth-order valence-electron chi connectivity index (χ4n) is 2.82. The lowest BCUT2D eigenvalue weighted by Crippen LogP contribution is -2.25. The van der Waals surface area contributed by atoms with E-state index in [2.05, 4.69) is 5.32 Å². The number of Topliss-reactive ketones (excluding diaryl/α,β-unsaturated/α-hetero) is 1. The van der Waals surface area contributed by atoms with Crippen molar-refractivity contribution in [3.63, 3.8) is 0 Å². The number of ether oxygens (including phenoxy) is 1. The molecule has 0 saturated carbocycles. The quantitative estimate of drug-likeness (QED) is 0.467. The minimum atomic E-state index is -0.882. The van der Waals surface area contributed by atoms with Crippen LogP contribution in [0.4, 0.5) is 5.69 Å². The number of nitrogens with one attached hydrogen (secondary N) is 1. The van der Waals surface area contributed by atoms with Crippen LogP contribution in [0, 0.1) is 13.8 Å². The lowest BCUT2D eigenvalue weighted by molar-refractivity contribution is 0.0319. The molecule has 3 rings (SSSR count). The molecule has 0 unspecified atom stereocenters. The van der Waals surface area contributed by atoms with Gasteiger partial charge in [-0.25, -0.2) is 4.79 Å². The molecule has 5 heteroatoms. The van der Waals surface area contributed by atoms with Crippen LogP contribution in [-0.2, 0) is 11.3 Å². The molecule has 0 aliphatic carbocycles. The molecule has 144 valence electrons. The molecule has 3 aromatic rings. The van der Waals surface area contributed by atoms with Crippen LogP contribution in [-0.4, -0.2) is 17.9 Å². The average molecular weight is 377 g/mol. The molecular formula is C23H23NO4. The number of para-hydroxylation sites is 1. The van der Waals surface area contributed by atoms with Crippen LogP contribution in [0.3, 0.4) is 0 Å². The summed E-state index contributed by atoms with van der Waals surface area (Å²) in [6.07, 6.45) is 0.713. The molecule has 0 aliphatic heterocycles. The van der Waals surface area contributed by atoms with Gasteiger partial charge in [0.1, 0.15) is 5.76 Å². The molecule has 1 aromatic heterocycles. The molecule has 1 heterocycles. The van der Waals surface area contributed by atoms with Gasteiger partial charge in [-0.15, -0.1) is 0 Å². The second-order valence-electron chi connectivity index (χ2n) is 6.69. The van der Waals surface area contributed by atoms with E-state index in [0.717, 1.165) is 16.9 Å². The maximum absolute atomic E-state index is 12.7. The minimum Gasteiger partial charge on any atom is -0.467 e. The van der Waals surface area contributed by atoms with Gasteiger partial charge >= 0.3 is 5.97 Å². The number of rotatable bonds is 7. The molecule has 0 amide bonds. The zero-order chi connectivity index (χ0) is 20.1. The van der Waals surface area contributed by atoms with Gasteiger partial charge in [-0.2, -0.15) is 0 Å². The molecule has 0 radical (unpaired) electrons. The van der Waals surface area contributed by atoms with Crippen LogP contribution in [0.1, 0.15) is 44.5 Å². The molecule has 1 N–H and O–H groups in total. The van der Waals surface area contributed by atoms with Crippen molar-refractivity contribution in [1.82, 2.24) is 0 Å². The second kappa shape index (κ2) is 8.57. The van der Waals surface area contributed by atoms with Gasteiger partial charge in [0, 0.05) is 11.3 Å². The number of aryl methyl sites for hydroxylation is 2. The first kappa shape index (κ1) is 19.4. The number of ketones is 1. The maximum Gasteiger partial charge on any atom is 0.340 e. The number of anilines is 1. The lowest BCUT2D eigenvalue weighted by Gasteiger charge is -2.15. The molecule has 5 nitrogen and oxygen atoms in total. The number of hydrogen-bond donors (Lipinski definition) is 1. The number of carbonyl (C=O) groups excluding carboxylic acids is 2. The zero-order valence-electron chi connectivity index (χ0n) is 16.2. The third-order valence-corrected chi connectivity index (χ3v) is 4.62. The summed E-state index contributed by atoms with van der Waals surface area (Å²) in [6, 6.07) is 16.2. The van der Waals surface area contributed by atoms with Crippen molar-refractivity contribution in [2.24, 2.45) is 0 Å². The number of carbonyl (C=O) groups is 2. The number of furan rings is 1. The Labute approximate surface area is 164 Å². The Morgan fingerprint density at radius 2 is 1.82 bits per heavy atom. The van der Waals surface area contributed by atoms with Gasteiger partial charge in [0.15, 0.2) is 6.10 Å². The van der Waals surface area contributed by atoms with E-state index in [0.29, 0.717) is 23.4 Å². The Balaban J connectivity index is 1.70. The Morgan fingerprint density at radius 1 is 1.04 bits per heavy atom. The molecule has 0 saturated heterocycles. The predicted molar refractivity (Wildman–Crippen MR) is 108 cm³/mol. The van der Waals surface area contributed by atoms with Gasteiger partial charge in [-0.1, -0.05) is 24.3 Å². The Kier molecular flexibility index (Phi) is 5.94. The summed E-state index contributed by atoms with van der Waals surface area (Å²) in [5, 5.41) is 3.16. The van der Waals surface area contributed by atoms with E-state index in [1.807, 2.05) is 38.1 Å². The topological polar surface area (TPSA) is 68.5 Å². The average Bonchev–Trinajstić information content (AvgIpc) is 3.21. The normalized spacial score (nSPS) is 11.7. The summed E-state index contributed by atoms with van der Waals surface area (Å²) in [4.78, 5) is 25.3. The van der Waals surface area contributed by atoms with Crippen molar-refractivity contribution in [2.75, 3.05) is 5.32 Å². The lowest BCUT2D eigenvalue weighted by atomic mass is 10.0. The summed E-state index contributed by atoms with van der Waals surface area (Å²) in [5.74, 6) is -0.0221. The molecule has 0 bridgehead atoms. The molecular weight excluding hydrogens is 354 g/mol. The summed E-state index contributed by atoms with van der Waals surface area (Å²) >= 11 is 0. The fourth-order valence-corrected chi connectivity index (χ4v) is 2.82. The molecule has 28 heavy (non-hydrogen) atoms. The van der Waals surface area contributed by atoms with Gasteiger partial charge in [-0.3, -0.25) is 4.79 Å². The van der Waals surface area contributed by atoms with Crippen LogP contribution in [0.15, 0.2) is 65.3 Å². The van der Waals surface area contributed by atoms with Crippen LogP contribution in [0.2, 0.25) is 0 Å². The van der Waals surface area contributed by atoms with E-state index in [9.17, 15) is 9.59 Å². The highest BCUT2D eigenvalue weighted by molar-refractivity contribution is 6.02. The first-order chi connectivity index (χ1) is 13.5. The minimum absolute atomic E-state index is 0.225. The fraction of sp³-hybridized carbons (Fsp3) is 0.217. The molecule has 1 atom stereocenters. The SMILES string of the molecule is Cc1ccc(C(=O)[C@H](C)OC(=O)c2ccccc2NCc2ccco2)cc1C. The predicted octanol–water partition coefficient (Wildman–Crippen LogP) is 4.94. The highest BCUT2D eigenvalue weighted by atomic mass is 16.5. The Hall–Kier alpha value is -3.34. The van der Waals surface area contributed by atoms with E-state index in [1.54, 1.807) is 43.5 Å². The van der Waals surface area contributed by atoms with Crippen molar-refractivity contribution in [1.29, 1.82) is 0 Å². The maximum atomic E-state index is 12.7. The van der Waals surface area contributed by atoms with Crippen molar-refractivity contribution >= 4 is 17.4 Å². The zero-order valence-corrected chi connectivity index (χ0v) is 16.2. The van der Waals surface area contributed by atoms with E-state index < -0.39 is 12.1 Å². The first-order valence-electron chi connectivity index (χ1n) is 9.13. The smallest absolute Gasteiger partial charge is 0.340 e. The van der Waals surface area contributed by atoms with Crippen LogP contribution in [0.5, 0.6) is 0 Å². The van der Waals surface area contributed by atoms with Crippen LogP contribution in [0.25, 0.3) is 0 Å². The highest BCUT2D eigenvalue weighted by Gasteiger charge is 2.22. The monoisotopic (exact) mass is 377 g/mol. The summed E-state index contributed by atoms with van der Waals surface area (Å²) in [6.45, 7) is 5.96. The number of benzene rings is 2. The highest BCUT2D eigenvalue weighted by Crippen LogP contribution is 2.19. The Morgan fingerprint density at radius 3 is 2.54 bits per heavy atom. The second-order valence-corrected chi connectivity index (χ2v) is 6.69. The molecule has 0 aliphatic rings. The molecule has 0 spiro atoms. The Bertz CT molecular complexity index is 976. The summed E-state index contributed by atoms with van der Waals surface area (Å²) in [7, 11) is 0. The molecule has 2 aromatic carbocycles. The van der Waals surface area contributed by atoms with E-state index in [-0.39, 0.29) is 5.78 Å². The third kappa shape index (κ3) is 4.49. The van der Waals surface area contributed by atoms with Crippen molar-refractivity contribution in [3.8, 4) is 0 Å². The van der Waals surface area contributed by atoms with Crippen molar-refractivity contribution in [2.45, 2.75) is 33.4 Å². The van der Waals surface area contributed by atoms with Gasteiger partial charge in [-0.05, 0) is 62.2 Å². The van der Waals surface area contributed by atoms with E-state index in [4.69, 9.17) is 9.15 Å².